The van der Waals surface area contributed by atoms with E-state index in [0.717, 1.165) is 27.8 Å². The molecule has 0 bridgehead atoms. The summed E-state index contributed by atoms with van der Waals surface area (Å²) in [5, 5.41) is 6.81. The van der Waals surface area contributed by atoms with E-state index in [9.17, 15) is 0 Å². The molecule has 0 unspecified atom stereocenters. The Morgan fingerprint density at radius 2 is 1.60 bits per heavy atom. The van der Waals surface area contributed by atoms with Gasteiger partial charge in [0.1, 0.15) is 0 Å². The Bertz CT molecular complexity index is 1040. The van der Waals surface area contributed by atoms with Crippen molar-refractivity contribution in [3.8, 4) is 22.4 Å². The average molecular weight is 398 g/mol. The van der Waals surface area contributed by atoms with Gasteiger partial charge in [0.2, 0.25) is 0 Å². The first-order valence-corrected chi connectivity index (χ1v) is 7.98. The van der Waals surface area contributed by atoms with E-state index in [1.54, 1.807) is 0 Å². The summed E-state index contributed by atoms with van der Waals surface area (Å²) >= 11 is 0. The van der Waals surface area contributed by atoms with Crippen molar-refractivity contribution in [2.45, 2.75) is 6.92 Å². The average Bonchev–Trinajstić information content (AvgIpc) is 2.62. The fraction of sp³-hybridized carbons (Fsp3) is 0.0909. The zero-order valence-corrected chi connectivity index (χ0v) is 17.2. The minimum Gasteiger partial charge on any atom is -0.198 e. The first-order chi connectivity index (χ1) is 11.7. The van der Waals surface area contributed by atoms with Crippen LogP contribution in [0.25, 0.3) is 33.2 Å². The molecule has 2 nitrogen and oxygen atoms in total. The van der Waals surface area contributed by atoms with Crippen LogP contribution < -0.4 is 4.68 Å². The van der Waals surface area contributed by atoms with Crippen molar-refractivity contribution in [2.75, 3.05) is 0 Å². The molecular formula is C22H17N2Y-. The van der Waals surface area contributed by atoms with Crippen LogP contribution in [-0.2, 0) is 39.8 Å². The quantitative estimate of drug-likeness (QED) is 0.364. The minimum atomic E-state index is 0. The van der Waals surface area contributed by atoms with Crippen molar-refractivity contribution in [2.24, 2.45) is 7.05 Å². The number of benzene rings is 3. The molecule has 25 heavy (non-hydrogen) atoms. The number of hydrogen-bond acceptors (Lipinski definition) is 1. The van der Waals surface area contributed by atoms with Crippen LogP contribution in [0.2, 0.25) is 0 Å². The van der Waals surface area contributed by atoms with Crippen molar-refractivity contribution >= 4 is 10.8 Å². The molecule has 0 atom stereocenters. The van der Waals surface area contributed by atoms with E-state index in [1.165, 1.54) is 10.9 Å². The van der Waals surface area contributed by atoms with E-state index in [2.05, 4.69) is 60.6 Å². The molecule has 1 aromatic heterocycles. The van der Waals surface area contributed by atoms with Crippen LogP contribution in [-0.4, -0.2) is 5.10 Å². The topological polar surface area (TPSA) is 16.8 Å². The summed E-state index contributed by atoms with van der Waals surface area (Å²) in [6.07, 6.45) is 1.85. The van der Waals surface area contributed by atoms with Gasteiger partial charge in [-0.25, -0.2) is 0 Å². The van der Waals surface area contributed by atoms with Crippen molar-refractivity contribution in [1.82, 2.24) is 5.10 Å². The molecule has 0 saturated carbocycles. The van der Waals surface area contributed by atoms with Crippen molar-refractivity contribution in [1.29, 1.82) is 0 Å². The second-order valence-corrected chi connectivity index (χ2v) is 5.93. The number of aryl methyl sites for hydroxylation is 2. The van der Waals surface area contributed by atoms with E-state index in [1.807, 2.05) is 42.2 Å². The van der Waals surface area contributed by atoms with Gasteiger partial charge >= 0.3 is 0 Å². The van der Waals surface area contributed by atoms with Gasteiger partial charge < -0.3 is 0 Å². The molecule has 0 spiro atoms. The standard InChI is InChI=1S/C22H17N2.Y/c1-16-7-3-6-10-21(16)22-14-20(15-23-24(22)2)19-12-11-17-8-4-5-9-18(17)13-19;/h3-12,15H,1-2H3;/q-1;. The zero-order chi connectivity index (χ0) is 16.5. The summed E-state index contributed by atoms with van der Waals surface area (Å²) in [6, 6.07) is 27.8. The van der Waals surface area contributed by atoms with Crippen LogP contribution >= 0.6 is 0 Å². The van der Waals surface area contributed by atoms with E-state index >= 15 is 0 Å². The maximum Gasteiger partial charge on any atom is 0.162 e. The Balaban J connectivity index is 0.00000182. The van der Waals surface area contributed by atoms with Gasteiger partial charge in [-0.3, -0.25) is 0 Å². The molecule has 0 amide bonds. The molecule has 4 rings (SSSR count). The van der Waals surface area contributed by atoms with Gasteiger partial charge in [0.25, 0.3) is 0 Å². The maximum atomic E-state index is 4.52. The molecule has 1 radical (unpaired) electrons. The van der Waals surface area contributed by atoms with Gasteiger partial charge in [0, 0.05) is 32.7 Å². The Kier molecular flexibility index (Phi) is 5.41. The number of fused-ring (bicyclic) bond motifs is 1. The summed E-state index contributed by atoms with van der Waals surface area (Å²) in [5.74, 6) is 0. The van der Waals surface area contributed by atoms with E-state index < -0.39 is 0 Å². The van der Waals surface area contributed by atoms with Crippen LogP contribution in [0.1, 0.15) is 5.56 Å². The molecule has 0 aliphatic heterocycles. The number of nitrogens with zero attached hydrogens (tertiary/aromatic N) is 2. The van der Waals surface area contributed by atoms with Gasteiger partial charge in [-0.15, -0.1) is 28.3 Å². The summed E-state index contributed by atoms with van der Waals surface area (Å²) in [5.41, 5.74) is 5.31. The second kappa shape index (κ2) is 7.55. The van der Waals surface area contributed by atoms with Crippen LogP contribution in [0, 0.1) is 19.1 Å². The summed E-state index contributed by atoms with van der Waals surface area (Å²) in [4.78, 5) is 0. The molecule has 3 heteroatoms. The molecule has 0 aliphatic rings. The Labute approximate surface area is 173 Å². The number of aromatic nitrogens is 2. The molecular weight excluding hydrogens is 381 g/mol. The zero-order valence-electron chi connectivity index (χ0n) is 14.3. The van der Waals surface area contributed by atoms with Gasteiger partial charge in [-0.2, -0.15) is 23.3 Å². The summed E-state index contributed by atoms with van der Waals surface area (Å²) < 4.78 is 1.87. The molecule has 0 aliphatic carbocycles. The van der Waals surface area contributed by atoms with Crippen LogP contribution in [0.3, 0.4) is 0 Å². The first kappa shape index (κ1) is 17.9. The van der Waals surface area contributed by atoms with Gasteiger partial charge in [-0.05, 0) is 18.7 Å². The first-order valence-electron chi connectivity index (χ1n) is 7.98. The van der Waals surface area contributed by atoms with Crippen molar-refractivity contribution < 1.29 is 37.4 Å². The third-order valence-electron chi connectivity index (χ3n) is 4.29. The third kappa shape index (κ3) is 3.56. The number of hydrogen-bond donors (Lipinski definition) is 0. The molecule has 4 aromatic rings. The Morgan fingerprint density at radius 1 is 0.840 bits per heavy atom. The van der Waals surface area contributed by atoms with Gasteiger partial charge in [0.15, 0.2) is 12.7 Å². The maximum absolute atomic E-state index is 4.52. The fourth-order valence-electron chi connectivity index (χ4n) is 2.93. The smallest absolute Gasteiger partial charge is 0.162 e. The largest absolute Gasteiger partial charge is 0.198 e. The minimum absolute atomic E-state index is 0. The van der Waals surface area contributed by atoms with Crippen molar-refractivity contribution in [3.63, 3.8) is 0 Å². The van der Waals surface area contributed by atoms with Crippen LogP contribution in [0.5, 0.6) is 0 Å². The predicted molar refractivity (Wildman–Crippen MR) is 96.2 cm³/mol. The monoisotopic (exact) mass is 398 g/mol. The fourth-order valence-corrected chi connectivity index (χ4v) is 2.93. The Hall–Kier alpha value is -1.90. The predicted octanol–water partition coefficient (Wildman–Crippen LogP) is 4.30. The SMILES string of the molecule is Cc1ccccc1-c1[c-]c(-c2[c-]c3ccccc3cc2)cn[n+]1C.[Y]. The molecule has 0 fully saturated rings. The van der Waals surface area contributed by atoms with E-state index in [-0.39, 0.29) is 32.7 Å². The van der Waals surface area contributed by atoms with E-state index in [4.69, 9.17) is 0 Å². The molecule has 119 valence electrons. The molecule has 1 heterocycles. The normalized spacial score (nSPS) is 10.5. The third-order valence-corrected chi connectivity index (χ3v) is 4.29. The van der Waals surface area contributed by atoms with Crippen molar-refractivity contribution in [3.05, 3.63) is 84.6 Å². The van der Waals surface area contributed by atoms with Gasteiger partial charge in [-0.1, -0.05) is 58.5 Å². The molecule has 0 N–H and O–H groups in total. The summed E-state index contributed by atoms with van der Waals surface area (Å²) in [7, 11) is 1.95. The number of rotatable bonds is 2. The summed E-state index contributed by atoms with van der Waals surface area (Å²) in [6.45, 7) is 2.11. The van der Waals surface area contributed by atoms with Crippen LogP contribution in [0.15, 0.2) is 66.9 Å². The molecule has 3 aromatic carbocycles. The molecule has 0 saturated heterocycles. The Morgan fingerprint density at radius 3 is 2.44 bits per heavy atom. The second-order valence-electron chi connectivity index (χ2n) is 5.93. The van der Waals surface area contributed by atoms with Gasteiger partial charge in [0.05, 0.1) is 0 Å². The van der Waals surface area contributed by atoms with E-state index in [0.29, 0.717) is 0 Å². The van der Waals surface area contributed by atoms with Crippen LogP contribution in [0.4, 0.5) is 0 Å².